The summed E-state index contributed by atoms with van der Waals surface area (Å²) in [6, 6.07) is 0. The van der Waals surface area contributed by atoms with E-state index in [4.69, 9.17) is 14.2 Å². The van der Waals surface area contributed by atoms with Crippen molar-refractivity contribution in [3.8, 4) is 0 Å². The Balaban J connectivity index is 4.48. The van der Waals surface area contributed by atoms with Crippen molar-refractivity contribution >= 4 is 17.9 Å². The van der Waals surface area contributed by atoms with Gasteiger partial charge >= 0.3 is 17.9 Å². The van der Waals surface area contributed by atoms with E-state index in [9.17, 15) is 14.4 Å². The number of carbonyl (C=O) groups excluding carboxylic acids is 3. The Morgan fingerprint density at radius 2 is 0.621 bits per heavy atom. The molecule has 0 saturated carbocycles. The van der Waals surface area contributed by atoms with E-state index in [1.165, 1.54) is 135 Å². The molecule has 0 heterocycles. The molecule has 0 aliphatic carbocycles. The van der Waals surface area contributed by atoms with E-state index in [1.807, 2.05) is 6.08 Å². The molecule has 0 N–H and O–H groups in total. The van der Waals surface area contributed by atoms with Gasteiger partial charge in [-0.25, -0.2) is 0 Å². The summed E-state index contributed by atoms with van der Waals surface area (Å²) in [6.45, 7) is 6.46. The Labute approximate surface area is 407 Å². The lowest BCUT2D eigenvalue weighted by molar-refractivity contribution is -0.166. The van der Waals surface area contributed by atoms with Gasteiger partial charge in [0.25, 0.3) is 0 Å². The molecule has 0 spiro atoms. The summed E-state index contributed by atoms with van der Waals surface area (Å²) < 4.78 is 16.8. The SMILES string of the molecule is CC/C=C\C/C=C\C/C=C\C/C=C\C/C=C\C/C=C\CCC(=O)OC[C@H](COC(=O)CCCCCCCCCCCCCC)OC(=O)CCCCCCCCC/C=C\CCCCCCCC. The molecule has 0 unspecified atom stereocenters. The second-order valence-electron chi connectivity index (χ2n) is 18.1. The second-order valence-corrected chi connectivity index (χ2v) is 18.1. The quantitative estimate of drug-likeness (QED) is 0.0262. The van der Waals surface area contributed by atoms with E-state index in [1.54, 1.807) is 0 Å². The Morgan fingerprint density at radius 3 is 1.02 bits per heavy atom. The van der Waals surface area contributed by atoms with Crippen LogP contribution in [0.1, 0.15) is 258 Å². The summed E-state index contributed by atoms with van der Waals surface area (Å²) in [5.74, 6) is -0.988. The van der Waals surface area contributed by atoms with Gasteiger partial charge in [-0.15, -0.1) is 0 Å². The van der Waals surface area contributed by atoms with Crippen molar-refractivity contribution in [3.63, 3.8) is 0 Å². The Hall–Kier alpha value is -3.41. The molecule has 0 rings (SSSR count). The standard InChI is InChI=1S/C60H102O6/c1-4-7-10-13-16-19-22-25-27-29-30-32-33-35-38-41-44-47-50-53-59(62)65-56-57(55-64-58(61)52-49-46-43-40-37-24-21-18-15-12-9-6-3)66-60(63)54-51-48-45-42-39-36-34-31-28-26-23-20-17-14-11-8-5-2/h7,10,16,19,25-28,30,32,35,38,44,47,57H,4-6,8-9,11-15,17-18,20-24,29,31,33-34,36-37,39-43,45-46,48-56H2,1-3H3/b10-7-,19-16-,27-25-,28-26-,32-30-,38-35-,47-44-/t57-/m0/s1. The third kappa shape index (κ3) is 51.6. The summed E-state index contributed by atoms with van der Waals surface area (Å²) in [5, 5.41) is 0. The van der Waals surface area contributed by atoms with Crippen molar-refractivity contribution < 1.29 is 28.6 Å². The smallest absolute Gasteiger partial charge is 0.306 e. The molecule has 0 fully saturated rings. The van der Waals surface area contributed by atoms with Gasteiger partial charge in [0, 0.05) is 19.3 Å². The number of allylic oxidation sites excluding steroid dienone is 14. The second kappa shape index (κ2) is 54.2. The number of ether oxygens (including phenoxy) is 3. The van der Waals surface area contributed by atoms with Crippen LogP contribution in [0.3, 0.4) is 0 Å². The zero-order chi connectivity index (χ0) is 47.9. The first kappa shape index (κ1) is 62.6. The van der Waals surface area contributed by atoms with Gasteiger partial charge in [-0.05, 0) is 83.5 Å². The van der Waals surface area contributed by atoms with E-state index in [0.29, 0.717) is 19.3 Å². The van der Waals surface area contributed by atoms with Crippen molar-refractivity contribution in [2.45, 2.75) is 264 Å². The van der Waals surface area contributed by atoms with Crippen molar-refractivity contribution in [2.24, 2.45) is 0 Å². The maximum Gasteiger partial charge on any atom is 0.306 e. The van der Waals surface area contributed by atoms with Crippen LogP contribution in [-0.2, 0) is 28.6 Å². The van der Waals surface area contributed by atoms with Crippen molar-refractivity contribution in [3.05, 3.63) is 85.1 Å². The minimum atomic E-state index is -0.807. The normalized spacial score (nSPS) is 12.7. The summed E-state index contributed by atoms with van der Waals surface area (Å²) >= 11 is 0. The fraction of sp³-hybridized carbons (Fsp3) is 0.717. The molecule has 1 atom stereocenters. The van der Waals surface area contributed by atoms with Crippen LogP contribution in [0, 0.1) is 0 Å². The lowest BCUT2D eigenvalue weighted by atomic mass is 10.0. The van der Waals surface area contributed by atoms with Gasteiger partial charge in [-0.1, -0.05) is 241 Å². The molecule has 6 nitrogen and oxygen atoms in total. The fourth-order valence-electron chi connectivity index (χ4n) is 7.52. The lowest BCUT2D eigenvalue weighted by Gasteiger charge is -2.18. The number of unbranched alkanes of at least 4 members (excludes halogenated alkanes) is 24. The zero-order valence-electron chi connectivity index (χ0n) is 43.2. The maximum atomic E-state index is 12.8. The minimum Gasteiger partial charge on any atom is -0.462 e. The predicted molar refractivity (Wildman–Crippen MR) is 284 cm³/mol. The van der Waals surface area contributed by atoms with E-state index in [0.717, 1.165) is 77.0 Å². The van der Waals surface area contributed by atoms with Crippen molar-refractivity contribution in [2.75, 3.05) is 13.2 Å². The largest absolute Gasteiger partial charge is 0.462 e. The molecular weight excluding hydrogens is 817 g/mol. The van der Waals surface area contributed by atoms with E-state index in [2.05, 4.69) is 99.8 Å². The van der Waals surface area contributed by atoms with Gasteiger partial charge < -0.3 is 14.2 Å². The van der Waals surface area contributed by atoms with Gasteiger partial charge in [0.15, 0.2) is 6.10 Å². The molecule has 0 saturated heterocycles. The van der Waals surface area contributed by atoms with Gasteiger partial charge in [0.2, 0.25) is 0 Å². The summed E-state index contributed by atoms with van der Waals surface area (Å²) in [6.07, 6.45) is 70.1. The van der Waals surface area contributed by atoms with Crippen LogP contribution in [0.4, 0.5) is 0 Å². The van der Waals surface area contributed by atoms with Gasteiger partial charge in [0.1, 0.15) is 13.2 Å². The minimum absolute atomic E-state index is 0.0997. The third-order valence-corrected chi connectivity index (χ3v) is 11.6. The number of esters is 3. The van der Waals surface area contributed by atoms with E-state index < -0.39 is 6.10 Å². The fourth-order valence-corrected chi connectivity index (χ4v) is 7.52. The Bertz CT molecular complexity index is 1290. The summed E-state index contributed by atoms with van der Waals surface area (Å²) in [5.41, 5.74) is 0. The molecule has 0 aromatic rings. The maximum absolute atomic E-state index is 12.8. The first-order valence-electron chi connectivity index (χ1n) is 27.6. The molecule has 0 bridgehead atoms. The van der Waals surface area contributed by atoms with Crippen molar-refractivity contribution in [1.82, 2.24) is 0 Å². The van der Waals surface area contributed by atoms with Crippen LogP contribution < -0.4 is 0 Å². The Morgan fingerprint density at radius 1 is 0.318 bits per heavy atom. The van der Waals surface area contributed by atoms with E-state index in [-0.39, 0.29) is 37.5 Å². The predicted octanol–water partition coefficient (Wildman–Crippen LogP) is 18.4. The van der Waals surface area contributed by atoms with Crippen LogP contribution in [0.5, 0.6) is 0 Å². The van der Waals surface area contributed by atoms with Crippen molar-refractivity contribution in [1.29, 1.82) is 0 Å². The molecule has 6 heteroatoms. The highest BCUT2D eigenvalue weighted by atomic mass is 16.6. The van der Waals surface area contributed by atoms with Crippen LogP contribution in [-0.4, -0.2) is 37.2 Å². The molecule has 378 valence electrons. The highest BCUT2D eigenvalue weighted by Gasteiger charge is 2.19. The number of carbonyl (C=O) groups is 3. The molecule has 0 amide bonds. The number of hydrogen-bond acceptors (Lipinski definition) is 6. The van der Waals surface area contributed by atoms with Crippen LogP contribution in [0.25, 0.3) is 0 Å². The molecular formula is C60H102O6. The third-order valence-electron chi connectivity index (χ3n) is 11.6. The summed E-state index contributed by atoms with van der Waals surface area (Å²) in [7, 11) is 0. The van der Waals surface area contributed by atoms with Crippen LogP contribution >= 0.6 is 0 Å². The lowest BCUT2D eigenvalue weighted by Crippen LogP contribution is -2.30. The average molecular weight is 919 g/mol. The Kier molecular flexibility index (Phi) is 51.4. The average Bonchev–Trinajstić information content (AvgIpc) is 3.31. The van der Waals surface area contributed by atoms with Gasteiger partial charge in [0.05, 0.1) is 0 Å². The first-order valence-corrected chi connectivity index (χ1v) is 27.6. The highest BCUT2D eigenvalue weighted by molar-refractivity contribution is 5.71. The molecule has 66 heavy (non-hydrogen) atoms. The highest BCUT2D eigenvalue weighted by Crippen LogP contribution is 2.15. The van der Waals surface area contributed by atoms with Gasteiger partial charge in [-0.2, -0.15) is 0 Å². The molecule has 0 aromatic carbocycles. The monoisotopic (exact) mass is 919 g/mol. The topological polar surface area (TPSA) is 78.9 Å². The van der Waals surface area contributed by atoms with Crippen LogP contribution in [0.15, 0.2) is 85.1 Å². The first-order chi connectivity index (χ1) is 32.5. The summed E-state index contributed by atoms with van der Waals surface area (Å²) in [4.78, 5) is 38.0. The number of hydrogen-bond donors (Lipinski definition) is 0. The molecule has 0 aliphatic heterocycles. The molecule has 0 aliphatic rings. The number of rotatable bonds is 49. The zero-order valence-corrected chi connectivity index (χ0v) is 43.2. The van der Waals surface area contributed by atoms with Gasteiger partial charge in [-0.3, -0.25) is 14.4 Å². The van der Waals surface area contributed by atoms with E-state index >= 15 is 0 Å². The molecule has 0 radical (unpaired) electrons. The van der Waals surface area contributed by atoms with Crippen LogP contribution in [0.2, 0.25) is 0 Å². The molecule has 0 aromatic heterocycles.